The van der Waals surface area contributed by atoms with E-state index in [0.717, 1.165) is 19.4 Å². The Kier molecular flexibility index (Phi) is 16.1. The molecule has 1 N–H and O–H groups in total. The number of nitrogens with one attached hydrogen (secondary N) is 1. The van der Waals surface area contributed by atoms with E-state index in [9.17, 15) is 4.79 Å². The van der Waals surface area contributed by atoms with Crippen molar-refractivity contribution in [2.24, 2.45) is 0 Å². The highest BCUT2D eigenvalue weighted by Crippen LogP contribution is 1.84. The molecule has 0 saturated carbocycles. The Bertz CT molecular complexity index is 105. The number of hydrogen-bond acceptors (Lipinski definition) is 2. The van der Waals surface area contributed by atoms with Gasteiger partial charge in [-0.15, -0.1) is 0 Å². The molecule has 0 rings (SSSR count). The van der Waals surface area contributed by atoms with Gasteiger partial charge in [0.25, 0.3) is 0 Å². The fourth-order valence-corrected chi connectivity index (χ4v) is 0.688. The van der Waals surface area contributed by atoms with E-state index in [2.05, 4.69) is 12.2 Å². The molecule has 0 spiro atoms. The summed E-state index contributed by atoms with van der Waals surface area (Å²) in [6.07, 6.45) is 2.64. The normalized spacial score (nSPS) is 8.62. The van der Waals surface area contributed by atoms with Gasteiger partial charge in [-0.05, 0) is 6.42 Å². The summed E-state index contributed by atoms with van der Waals surface area (Å²) >= 11 is 0. The van der Waals surface area contributed by atoms with Crippen molar-refractivity contribution >= 4 is 5.91 Å². The molecule has 0 aliphatic carbocycles. The van der Waals surface area contributed by atoms with Gasteiger partial charge in [-0.25, -0.2) is 0 Å². The van der Waals surface area contributed by atoms with E-state index < -0.39 is 0 Å². The Morgan fingerprint density at radius 2 is 2.00 bits per heavy atom. The van der Waals surface area contributed by atoms with Crippen LogP contribution in [-0.2, 0) is 9.53 Å². The fourth-order valence-electron chi connectivity index (χ4n) is 0.688. The van der Waals surface area contributed by atoms with E-state index >= 15 is 0 Å². The van der Waals surface area contributed by atoms with Crippen molar-refractivity contribution in [1.29, 1.82) is 0 Å². The van der Waals surface area contributed by atoms with Crippen LogP contribution in [0.4, 0.5) is 0 Å². The van der Waals surface area contributed by atoms with Crippen molar-refractivity contribution in [3.63, 3.8) is 0 Å². The molecule has 0 aromatic heterocycles. The third kappa shape index (κ3) is 14.3. The van der Waals surface area contributed by atoms with Gasteiger partial charge in [0.1, 0.15) is 0 Å². The topological polar surface area (TPSA) is 38.3 Å². The molecule has 0 saturated heterocycles. The molecule has 0 unspecified atom stereocenters. The Labute approximate surface area is 81.9 Å². The number of carbonyl (C=O) groups is 1. The molecule has 0 bridgehead atoms. The van der Waals surface area contributed by atoms with Gasteiger partial charge in [-0.3, -0.25) is 4.79 Å². The zero-order valence-electron chi connectivity index (χ0n) is 9.35. The summed E-state index contributed by atoms with van der Waals surface area (Å²) in [6, 6.07) is 0. The Hall–Kier alpha value is -0.570. The zero-order chi connectivity index (χ0) is 10.5. The maximum atomic E-state index is 10.9. The molecule has 1 amide bonds. The molecule has 0 heterocycles. The fraction of sp³-hybridized carbons (Fsp3) is 0.900. The number of hydrogen-bond donors (Lipinski definition) is 1. The van der Waals surface area contributed by atoms with Gasteiger partial charge in [0.05, 0.1) is 6.61 Å². The van der Waals surface area contributed by atoms with Crippen LogP contribution < -0.4 is 5.32 Å². The first-order valence-electron chi connectivity index (χ1n) is 5.07. The van der Waals surface area contributed by atoms with Crippen molar-refractivity contribution < 1.29 is 9.53 Å². The maximum absolute atomic E-state index is 10.9. The SMILES string of the molecule is CC.CCCCNC(=O)CCOC. The number of ether oxygens (including phenoxy) is 1. The molecular weight excluding hydrogens is 166 g/mol. The van der Waals surface area contributed by atoms with Gasteiger partial charge >= 0.3 is 0 Å². The molecule has 3 nitrogen and oxygen atoms in total. The Morgan fingerprint density at radius 3 is 2.46 bits per heavy atom. The zero-order valence-corrected chi connectivity index (χ0v) is 9.35. The average molecular weight is 189 g/mol. The minimum absolute atomic E-state index is 0.0836. The number of methoxy groups -OCH3 is 1. The summed E-state index contributed by atoms with van der Waals surface area (Å²) in [6.45, 7) is 7.40. The molecule has 13 heavy (non-hydrogen) atoms. The van der Waals surface area contributed by atoms with Gasteiger partial charge < -0.3 is 10.1 Å². The van der Waals surface area contributed by atoms with Crippen LogP contribution in [0.1, 0.15) is 40.0 Å². The first kappa shape index (κ1) is 14.9. The smallest absolute Gasteiger partial charge is 0.222 e. The van der Waals surface area contributed by atoms with Gasteiger partial charge in [0.15, 0.2) is 0 Å². The van der Waals surface area contributed by atoms with Crippen LogP contribution in [0.3, 0.4) is 0 Å². The largest absolute Gasteiger partial charge is 0.384 e. The van der Waals surface area contributed by atoms with E-state index in [1.165, 1.54) is 0 Å². The van der Waals surface area contributed by atoms with Crippen molar-refractivity contribution in [1.82, 2.24) is 5.32 Å². The minimum Gasteiger partial charge on any atom is -0.384 e. The van der Waals surface area contributed by atoms with Crippen molar-refractivity contribution in [3.05, 3.63) is 0 Å². The average Bonchev–Trinajstić information content (AvgIpc) is 2.18. The molecular formula is C10H23NO2. The lowest BCUT2D eigenvalue weighted by Gasteiger charge is -2.02. The summed E-state index contributed by atoms with van der Waals surface area (Å²) in [5.74, 6) is 0.0836. The first-order chi connectivity index (χ1) is 6.31. The number of amides is 1. The van der Waals surface area contributed by atoms with Crippen LogP contribution in [-0.4, -0.2) is 26.2 Å². The lowest BCUT2D eigenvalue weighted by Crippen LogP contribution is -2.25. The molecule has 0 atom stereocenters. The predicted octanol–water partition coefficient (Wildman–Crippen LogP) is 1.97. The summed E-state index contributed by atoms with van der Waals surface area (Å²) in [5.41, 5.74) is 0. The van der Waals surface area contributed by atoms with E-state index in [4.69, 9.17) is 4.74 Å². The molecule has 0 aromatic rings. The third-order valence-electron chi connectivity index (χ3n) is 1.39. The quantitative estimate of drug-likeness (QED) is 0.649. The molecule has 3 heteroatoms. The second kappa shape index (κ2) is 14.0. The van der Waals surface area contributed by atoms with Gasteiger partial charge in [0.2, 0.25) is 5.91 Å². The van der Waals surface area contributed by atoms with Crippen LogP contribution >= 0.6 is 0 Å². The third-order valence-corrected chi connectivity index (χ3v) is 1.39. The highest BCUT2D eigenvalue weighted by atomic mass is 16.5. The van der Waals surface area contributed by atoms with E-state index in [1.54, 1.807) is 7.11 Å². The van der Waals surface area contributed by atoms with Crippen LogP contribution in [0.15, 0.2) is 0 Å². The van der Waals surface area contributed by atoms with Crippen molar-refractivity contribution in [2.45, 2.75) is 40.0 Å². The molecule has 0 radical (unpaired) electrons. The molecule has 0 aromatic carbocycles. The highest BCUT2D eigenvalue weighted by molar-refractivity contribution is 5.75. The molecule has 0 fully saturated rings. The van der Waals surface area contributed by atoms with E-state index in [0.29, 0.717) is 13.0 Å². The summed E-state index contributed by atoms with van der Waals surface area (Å²) in [5, 5.41) is 2.80. The first-order valence-corrected chi connectivity index (χ1v) is 5.07. The van der Waals surface area contributed by atoms with Crippen LogP contribution in [0, 0.1) is 0 Å². The van der Waals surface area contributed by atoms with Gasteiger partial charge in [-0.2, -0.15) is 0 Å². The van der Waals surface area contributed by atoms with Crippen molar-refractivity contribution in [2.75, 3.05) is 20.3 Å². The Morgan fingerprint density at radius 1 is 1.38 bits per heavy atom. The van der Waals surface area contributed by atoms with E-state index in [-0.39, 0.29) is 5.91 Å². The number of carbonyl (C=O) groups excluding carboxylic acids is 1. The molecule has 80 valence electrons. The van der Waals surface area contributed by atoms with Crippen molar-refractivity contribution in [3.8, 4) is 0 Å². The number of rotatable bonds is 6. The lowest BCUT2D eigenvalue weighted by atomic mass is 10.3. The predicted molar refractivity (Wildman–Crippen MR) is 55.8 cm³/mol. The summed E-state index contributed by atoms with van der Waals surface area (Å²) in [4.78, 5) is 10.9. The molecule has 0 aliphatic rings. The summed E-state index contributed by atoms with van der Waals surface area (Å²) in [7, 11) is 1.60. The standard InChI is InChI=1S/C8H17NO2.C2H6/c1-3-4-6-9-8(10)5-7-11-2;1-2/h3-7H2,1-2H3,(H,9,10);1-2H3. The maximum Gasteiger partial charge on any atom is 0.222 e. The second-order valence-corrected chi connectivity index (χ2v) is 2.45. The van der Waals surface area contributed by atoms with Crippen LogP contribution in [0.25, 0.3) is 0 Å². The van der Waals surface area contributed by atoms with Crippen LogP contribution in [0.2, 0.25) is 0 Å². The summed E-state index contributed by atoms with van der Waals surface area (Å²) < 4.78 is 4.76. The lowest BCUT2D eigenvalue weighted by molar-refractivity contribution is -0.121. The number of unbranched alkanes of at least 4 members (excludes halogenated alkanes) is 1. The monoisotopic (exact) mass is 189 g/mol. The second-order valence-electron chi connectivity index (χ2n) is 2.45. The van der Waals surface area contributed by atoms with Crippen LogP contribution in [0.5, 0.6) is 0 Å². The van der Waals surface area contributed by atoms with Gasteiger partial charge in [-0.1, -0.05) is 27.2 Å². The molecule has 0 aliphatic heterocycles. The minimum atomic E-state index is 0.0836. The Balaban J connectivity index is 0. The highest BCUT2D eigenvalue weighted by Gasteiger charge is 1.97. The van der Waals surface area contributed by atoms with E-state index in [1.807, 2.05) is 13.8 Å². The van der Waals surface area contributed by atoms with Gasteiger partial charge in [0, 0.05) is 20.1 Å².